The van der Waals surface area contributed by atoms with Crippen LogP contribution >= 0.6 is 0 Å². The summed E-state index contributed by atoms with van der Waals surface area (Å²) in [4.78, 5) is 25.9. The number of rotatable bonds is 13. The van der Waals surface area contributed by atoms with Crippen LogP contribution in [-0.2, 0) is 45.2 Å². The second kappa shape index (κ2) is 14.9. The molecule has 39 heavy (non-hydrogen) atoms. The Hall–Kier alpha value is -2.31. The number of methoxy groups -OCH3 is 1. The molecule has 218 valence electrons. The number of morpholine rings is 1. The summed E-state index contributed by atoms with van der Waals surface area (Å²) in [5, 5.41) is 0. The van der Waals surface area contributed by atoms with Gasteiger partial charge in [-0.1, -0.05) is 24.3 Å². The topological polar surface area (TPSA) is 112 Å². The molecule has 1 aliphatic heterocycles. The third kappa shape index (κ3) is 8.84. The largest absolute Gasteiger partial charge is 0.469 e. The quantitative estimate of drug-likeness (QED) is 0.202. The second-order valence-corrected chi connectivity index (χ2v) is 12.3. The van der Waals surface area contributed by atoms with E-state index in [1.165, 1.54) is 32.4 Å². The summed E-state index contributed by atoms with van der Waals surface area (Å²) < 4.78 is 48.5. The number of unbranched alkanes of at least 4 members (excludes halogenated alkanes) is 1. The minimum Gasteiger partial charge on any atom is -0.469 e. The van der Waals surface area contributed by atoms with Gasteiger partial charge in [0.25, 0.3) is 0 Å². The minimum atomic E-state index is -3.50. The number of carbonyl (C=O) groups excluding carboxylic acids is 2. The van der Waals surface area contributed by atoms with E-state index in [0.717, 1.165) is 37.9 Å². The summed E-state index contributed by atoms with van der Waals surface area (Å²) >= 11 is 0. The monoisotopic (exact) mass is 566 g/mol. The van der Waals surface area contributed by atoms with Crippen molar-refractivity contribution in [3.63, 3.8) is 0 Å². The number of ether oxygens (including phenoxy) is 4. The third-order valence-electron chi connectivity index (χ3n) is 7.27. The maximum Gasteiger partial charge on any atom is 0.305 e. The maximum atomic E-state index is 12.4. The van der Waals surface area contributed by atoms with E-state index < -0.39 is 10.0 Å². The van der Waals surface area contributed by atoms with Gasteiger partial charge in [-0.3, -0.25) is 14.5 Å². The summed E-state index contributed by atoms with van der Waals surface area (Å²) in [6, 6.07) is 6.72. The van der Waals surface area contributed by atoms with E-state index in [1.54, 1.807) is 24.3 Å². The van der Waals surface area contributed by atoms with Gasteiger partial charge in [0.05, 0.1) is 44.0 Å². The fraction of sp³-hybridized carbons (Fsp3) is 0.643. The Morgan fingerprint density at radius 2 is 1.79 bits per heavy atom. The van der Waals surface area contributed by atoms with Crippen LogP contribution in [0, 0.1) is 5.92 Å². The van der Waals surface area contributed by atoms with Gasteiger partial charge in [-0.2, -0.15) is 0 Å². The van der Waals surface area contributed by atoms with E-state index in [2.05, 4.69) is 17.1 Å². The van der Waals surface area contributed by atoms with Crippen LogP contribution in [0.5, 0.6) is 0 Å². The molecule has 2 fully saturated rings. The molecule has 0 bridgehead atoms. The van der Waals surface area contributed by atoms with E-state index in [1.807, 2.05) is 0 Å². The normalized spacial score (nSPS) is 24.3. The van der Waals surface area contributed by atoms with Crippen LogP contribution in [0.15, 0.2) is 41.3 Å². The number of carbonyl (C=O) groups is 2. The molecule has 1 heterocycles. The molecule has 3 rings (SSSR count). The number of hydrogen-bond donors (Lipinski definition) is 0. The van der Waals surface area contributed by atoms with Gasteiger partial charge in [-0.15, -0.1) is 0 Å². The van der Waals surface area contributed by atoms with Gasteiger partial charge in [-0.05, 0) is 37.0 Å². The number of esters is 2. The number of sulfonamides is 1. The van der Waals surface area contributed by atoms with Crippen molar-refractivity contribution >= 4 is 22.0 Å². The Kier molecular flexibility index (Phi) is 11.9. The maximum absolute atomic E-state index is 12.4. The highest BCUT2D eigenvalue weighted by Gasteiger charge is 2.48. The van der Waals surface area contributed by atoms with E-state index in [4.69, 9.17) is 18.9 Å². The molecule has 0 radical (unpaired) electrons. The van der Waals surface area contributed by atoms with Crippen LogP contribution in [0.1, 0.15) is 44.6 Å². The van der Waals surface area contributed by atoms with Crippen molar-refractivity contribution in [2.24, 2.45) is 5.92 Å². The van der Waals surface area contributed by atoms with E-state index >= 15 is 0 Å². The van der Waals surface area contributed by atoms with Crippen molar-refractivity contribution in [2.45, 2.75) is 68.8 Å². The Morgan fingerprint density at radius 3 is 2.41 bits per heavy atom. The number of hydrogen-bond acceptors (Lipinski definition) is 9. The lowest BCUT2D eigenvalue weighted by Crippen LogP contribution is -2.51. The van der Waals surface area contributed by atoms with E-state index in [0.29, 0.717) is 32.7 Å². The van der Waals surface area contributed by atoms with Crippen molar-refractivity contribution in [3.05, 3.63) is 42.0 Å². The second-order valence-electron chi connectivity index (χ2n) is 10.1. The Labute approximate surface area is 232 Å². The number of benzene rings is 1. The van der Waals surface area contributed by atoms with Gasteiger partial charge in [-0.25, -0.2) is 12.7 Å². The molecule has 1 aromatic rings. The van der Waals surface area contributed by atoms with Crippen LogP contribution in [0.2, 0.25) is 0 Å². The average Bonchev–Trinajstić information content (AvgIpc) is 3.25. The Bertz CT molecular complexity index is 1070. The van der Waals surface area contributed by atoms with Gasteiger partial charge < -0.3 is 18.9 Å². The number of allylic oxidation sites excluding steroid dienone is 2. The van der Waals surface area contributed by atoms with Gasteiger partial charge in [0.1, 0.15) is 6.10 Å². The zero-order chi connectivity index (χ0) is 28.4. The standard InChI is InChI=1S/C28H42N2O8S/c1-21(31)38-26-19-25(37-20-22-11-13-23(14-12-22)39(33,34)29(2)3)24(28(26)30-15-17-36-18-16-30)9-7-5-6-8-10-27(32)35-4/h5,7,11-14,24-26,28H,6,8-10,15-20H2,1-4H3/t24-,25-,26+,28+/m0/s1. The fourth-order valence-electron chi connectivity index (χ4n) is 5.24. The van der Waals surface area contributed by atoms with Crippen molar-refractivity contribution in [3.8, 4) is 0 Å². The van der Waals surface area contributed by atoms with Crippen molar-refractivity contribution in [2.75, 3.05) is 47.5 Å². The van der Waals surface area contributed by atoms with Crippen molar-refractivity contribution < 1.29 is 37.0 Å². The van der Waals surface area contributed by atoms with E-state index in [9.17, 15) is 18.0 Å². The summed E-state index contributed by atoms with van der Waals surface area (Å²) in [6.07, 6.45) is 6.94. The smallest absolute Gasteiger partial charge is 0.305 e. The highest BCUT2D eigenvalue weighted by molar-refractivity contribution is 7.89. The van der Waals surface area contributed by atoms with Gasteiger partial charge in [0.15, 0.2) is 0 Å². The molecule has 1 aromatic carbocycles. The highest BCUT2D eigenvalue weighted by atomic mass is 32.2. The predicted molar refractivity (Wildman–Crippen MR) is 145 cm³/mol. The SMILES string of the molecule is COC(=O)CCCC=CC[C@@H]1[C@@H](N2CCOCC2)[C@H](OC(C)=O)C[C@@H]1OCc1ccc(S(=O)(=O)N(C)C)cc1. The molecule has 0 aromatic heterocycles. The Morgan fingerprint density at radius 1 is 1.10 bits per heavy atom. The molecule has 0 unspecified atom stereocenters. The summed E-state index contributed by atoms with van der Waals surface area (Å²) in [7, 11) is 0.902. The van der Waals surface area contributed by atoms with Crippen LogP contribution in [0.4, 0.5) is 0 Å². The molecule has 2 aliphatic rings. The molecule has 1 saturated heterocycles. The summed E-state index contributed by atoms with van der Waals surface area (Å²) in [5.41, 5.74) is 0.865. The molecular weight excluding hydrogens is 524 g/mol. The van der Waals surface area contributed by atoms with Crippen LogP contribution in [0.3, 0.4) is 0 Å². The highest BCUT2D eigenvalue weighted by Crippen LogP contribution is 2.38. The lowest BCUT2D eigenvalue weighted by atomic mass is 9.94. The minimum absolute atomic E-state index is 0.00451. The molecule has 0 spiro atoms. The zero-order valence-electron chi connectivity index (χ0n) is 23.4. The van der Waals surface area contributed by atoms with Crippen LogP contribution in [-0.4, -0.2) is 95.3 Å². The average molecular weight is 567 g/mol. The number of nitrogens with zero attached hydrogens (tertiary/aromatic N) is 2. The first-order valence-electron chi connectivity index (χ1n) is 13.5. The van der Waals surface area contributed by atoms with Crippen LogP contribution in [0.25, 0.3) is 0 Å². The molecule has 1 aliphatic carbocycles. The molecule has 4 atom stereocenters. The third-order valence-corrected chi connectivity index (χ3v) is 9.10. The Balaban J connectivity index is 1.73. The lowest BCUT2D eigenvalue weighted by Gasteiger charge is -2.38. The first-order valence-corrected chi connectivity index (χ1v) is 14.9. The fourth-order valence-corrected chi connectivity index (χ4v) is 6.15. The summed E-state index contributed by atoms with van der Waals surface area (Å²) in [5.74, 6) is -0.442. The van der Waals surface area contributed by atoms with E-state index in [-0.39, 0.29) is 41.0 Å². The molecular formula is C28H42N2O8S. The van der Waals surface area contributed by atoms with Gasteiger partial charge >= 0.3 is 11.9 Å². The summed E-state index contributed by atoms with van der Waals surface area (Å²) in [6.45, 7) is 4.53. The van der Waals surface area contributed by atoms with Gasteiger partial charge in [0, 0.05) is 52.9 Å². The van der Waals surface area contributed by atoms with Crippen LogP contribution < -0.4 is 0 Å². The first kappa shape index (κ1) is 31.2. The van der Waals surface area contributed by atoms with Crippen molar-refractivity contribution in [1.82, 2.24) is 9.21 Å². The van der Waals surface area contributed by atoms with Gasteiger partial charge in [0.2, 0.25) is 10.0 Å². The zero-order valence-corrected chi connectivity index (χ0v) is 24.2. The lowest BCUT2D eigenvalue weighted by molar-refractivity contribution is -0.150. The molecule has 10 nitrogen and oxygen atoms in total. The molecule has 1 saturated carbocycles. The molecule has 0 N–H and O–H groups in total. The molecule has 0 amide bonds. The van der Waals surface area contributed by atoms with Crippen molar-refractivity contribution in [1.29, 1.82) is 0 Å². The molecule has 11 heteroatoms. The predicted octanol–water partition coefficient (Wildman–Crippen LogP) is 2.76. The first-order chi connectivity index (χ1) is 18.6.